The van der Waals surface area contributed by atoms with Gasteiger partial charge < -0.3 is 11.1 Å². The molecule has 1 aliphatic rings. The maximum absolute atomic E-state index is 10.6. The van der Waals surface area contributed by atoms with Crippen LogP contribution in [0, 0.1) is 0 Å². The molecule has 0 saturated heterocycles. The van der Waals surface area contributed by atoms with Gasteiger partial charge in [0.15, 0.2) is 0 Å². The number of carbonyl (C=O) groups excluding carboxylic acids is 1. The maximum Gasteiger partial charge on any atom is 0.219 e. The molecule has 0 bridgehead atoms. The molecule has 74 valence electrons. The molecule has 0 aromatic heterocycles. The van der Waals surface area contributed by atoms with Crippen molar-refractivity contribution in [1.82, 2.24) is 5.32 Å². The van der Waals surface area contributed by atoms with E-state index in [9.17, 15) is 4.79 Å². The largest absolute Gasteiger partial charge is 0.371 e. The number of nitrogens with two attached hydrogens (primary N) is 1. The van der Waals surface area contributed by atoms with Gasteiger partial charge in [-0.3, -0.25) is 9.79 Å². The van der Waals surface area contributed by atoms with Gasteiger partial charge in [0.1, 0.15) is 0 Å². The van der Waals surface area contributed by atoms with Crippen molar-refractivity contribution in [2.24, 2.45) is 10.7 Å². The smallest absolute Gasteiger partial charge is 0.219 e. The van der Waals surface area contributed by atoms with E-state index in [1.807, 2.05) is 6.92 Å². The number of aliphatic imine (C=N–C) groups is 1. The average molecular weight is 183 g/mol. The Morgan fingerprint density at radius 3 is 3.00 bits per heavy atom. The lowest BCUT2D eigenvalue weighted by atomic mass is 10.1. The molecular weight excluding hydrogens is 166 g/mol. The van der Waals surface area contributed by atoms with Crippen molar-refractivity contribution in [2.75, 3.05) is 6.54 Å². The fourth-order valence-electron chi connectivity index (χ4n) is 1.45. The van der Waals surface area contributed by atoms with Crippen LogP contribution in [0.4, 0.5) is 0 Å². The highest BCUT2D eigenvalue weighted by Crippen LogP contribution is 2.05. The number of carbonyl (C=O) groups is 1. The molecule has 4 nitrogen and oxygen atoms in total. The molecule has 13 heavy (non-hydrogen) atoms. The zero-order chi connectivity index (χ0) is 9.68. The molecule has 1 unspecified atom stereocenters. The second-order valence-electron chi connectivity index (χ2n) is 3.50. The van der Waals surface area contributed by atoms with Crippen molar-refractivity contribution in [3.8, 4) is 0 Å². The highest BCUT2D eigenvalue weighted by atomic mass is 16.1. The van der Waals surface area contributed by atoms with Crippen molar-refractivity contribution in [3.05, 3.63) is 0 Å². The first-order valence-corrected chi connectivity index (χ1v) is 4.76. The van der Waals surface area contributed by atoms with Crippen LogP contribution in [0.3, 0.4) is 0 Å². The molecule has 0 aromatic rings. The highest BCUT2D eigenvalue weighted by Gasteiger charge is 2.10. The van der Waals surface area contributed by atoms with Gasteiger partial charge in [0, 0.05) is 25.4 Å². The van der Waals surface area contributed by atoms with Crippen molar-refractivity contribution >= 4 is 11.7 Å². The van der Waals surface area contributed by atoms with Gasteiger partial charge in [-0.05, 0) is 19.8 Å². The minimum Gasteiger partial charge on any atom is -0.371 e. The minimum absolute atomic E-state index is 0.106. The van der Waals surface area contributed by atoms with Crippen LogP contribution in [-0.2, 0) is 4.79 Å². The molecule has 0 fully saturated rings. The number of rotatable bonds is 3. The van der Waals surface area contributed by atoms with Crippen LogP contribution in [0.1, 0.15) is 32.6 Å². The first kappa shape index (κ1) is 10.0. The molecule has 0 aromatic carbocycles. The summed E-state index contributed by atoms with van der Waals surface area (Å²) in [6, 6.07) is 0.106. The maximum atomic E-state index is 10.6. The van der Waals surface area contributed by atoms with Gasteiger partial charge in [-0.25, -0.2) is 0 Å². The van der Waals surface area contributed by atoms with Crippen LogP contribution >= 0.6 is 0 Å². The van der Waals surface area contributed by atoms with E-state index in [1.54, 1.807) is 0 Å². The number of amides is 1. The summed E-state index contributed by atoms with van der Waals surface area (Å²) in [5.74, 6) is 0.761. The van der Waals surface area contributed by atoms with Crippen molar-refractivity contribution in [2.45, 2.75) is 38.6 Å². The summed E-state index contributed by atoms with van der Waals surface area (Å²) in [5.41, 5.74) is 5.08. The monoisotopic (exact) mass is 183 g/mol. The van der Waals surface area contributed by atoms with E-state index in [4.69, 9.17) is 5.73 Å². The van der Waals surface area contributed by atoms with E-state index in [2.05, 4.69) is 10.3 Å². The lowest BCUT2D eigenvalue weighted by Crippen LogP contribution is -2.36. The van der Waals surface area contributed by atoms with Gasteiger partial charge in [0.25, 0.3) is 0 Å². The fraction of sp³-hybridized carbons (Fsp3) is 0.778. The zero-order valence-corrected chi connectivity index (χ0v) is 8.05. The summed E-state index contributed by atoms with van der Waals surface area (Å²) < 4.78 is 0. The Morgan fingerprint density at radius 2 is 2.46 bits per heavy atom. The fourth-order valence-corrected chi connectivity index (χ4v) is 1.45. The number of hydrogen-bond donors (Lipinski definition) is 2. The molecule has 1 aliphatic heterocycles. The average Bonchev–Trinajstić information content (AvgIpc) is 2.04. The third-order valence-electron chi connectivity index (χ3n) is 2.04. The highest BCUT2D eigenvalue weighted by molar-refractivity contribution is 5.83. The summed E-state index contributed by atoms with van der Waals surface area (Å²) in [5, 5.41) is 3.20. The van der Waals surface area contributed by atoms with Gasteiger partial charge in [0.2, 0.25) is 5.91 Å². The number of nitrogens with one attached hydrogen (secondary N) is 1. The van der Waals surface area contributed by atoms with Crippen LogP contribution in [0.5, 0.6) is 0 Å². The van der Waals surface area contributed by atoms with Gasteiger partial charge >= 0.3 is 0 Å². The van der Waals surface area contributed by atoms with Crippen molar-refractivity contribution in [3.63, 3.8) is 0 Å². The number of primary amides is 1. The lowest BCUT2D eigenvalue weighted by Gasteiger charge is -2.18. The Morgan fingerprint density at radius 1 is 1.69 bits per heavy atom. The van der Waals surface area contributed by atoms with Crippen molar-refractivity contribution in [1.29, 1.82) is 0 Å². The summed E-state index contributed by atoms with van der Waals surface area (Å²) in [4.78, 5) is 14.9. The van der Waals surface area contributed by atoms with Crippen LogP contribution in [-0.4, -0.2) is 24.3 Å². The molecule has 3 N–H and O–H groups in total. The molecule has 4 heteroatoms. The second kappa shape index (κ2) is 4.84. The molecule has 1 heterocycles. The Labute approximate surface area is 78.6 Å². The summed E-state index contributed by atoms with van der Waals surface area (Å²) in [6.45, 7) is 2.85. The van der Waals surface area contributed by atoms with E-state index < -0.39 is 0 Å². The normalized spacial score (nSPS) is 19.0. The van der Waals surface area contributed by atoms with Gasteiger partial charge in [-0.15, -0.1) is 0 Å². The second-order valence-corrected chi connectivity index (χ2v) is 3.50. The van der Waals surface area contributed by atoms with E-state index >= 15 is 0 Å². The molecule has 0 aliphatic carbocycles. The van der Waals surface area contributed by atoms with E-state index in [1.165, 1.54) is 12.8 Å². The Hall–Kier alpha value is -1.06. The molecule has 1 amide bonds. The van der Waals surface area contributed by atoms with Crippen LogP contribution in [0.15, 0.2) is 4.99 Å². The predicted octanol–water partition coefficient (Wildman–Crippen LogP) is 0.422. The van der Waals surface area contributed by atoms with Crippen LogP contribution in [0.25, 0.3) is 0 Å². The topological polar surface area (TPSA) is 67.5 Å². The van der Waals surface area contributed by atoms with Gasteiger partial charge in [0.05, 0.1) is 5.84 Å². The number of nitrogens with zero attached hydrogens (tertiary/aromatic N) is 1. The van der Waals surface area contributed by atoms with E-state index in [-0.39, 0.29) is 11.9 Å². The molecule has 1 atom stereocenters. The molecule has 1 rings (SSSR count). The van der Waals surface area contributed by atoms with Crippen LogP contribution in [0.2, 0.25) is 0 Å². The molecule has 0 spiro atoms. The van der Waals surface area contributed by atoms with Gasteiger partial charge in [-0.1, -0.05) is 0 Å². The standard InChI is InChI=1S/C9H17N3O/c1-7(6-8(10)13)12-9-4-2-3-5-11-9/h7H,2-6H2,1H3,(H2,10,13)(H,11,12). The van der Waals surface area contributed by atoms with Crippen LogP contribution < -0.4 is 11.1 Å². The Bertz CT molecular complexity index is 213. The van der Waals surface area contributed by atoms with E-state index in [0.717, 1.165) is 18.8 Å². The lowest BCUT2D eigenvalue weighted by molar-refractivity contribution is -0.118. The number of hydrogen-bond acceptors (Lipinski definition) is 3. The minimum atomic E-state index is -0.267. The summed E-state index contributed by atoms with van der Waals surface area (Å²) in [6.07, 6.45) is 3.74. The zero-order valence-electron chi connectivity index (χ0n) is 8.05. The Balaban J connectivity index is 2.30. The van der Waals surface area contributed by atoms with Crippen molar-refractivity contribution < 1.29 is 4.79 Å². The summed E-state index contributed by atoms with van der Waals surface area (Å²) in [7, 11) is 0. The molecule has 0 radical (unpaired) electrons. The SMILES string of the molecule is CC(CC(N)=O)NC1=NCCCC1. The third kappa shape index (κ3) is 3.92. The first-order chi connectivity index (χ1) is 6.18. The molecule has 0 saturated carbocycles. The van der Waals surface area contributed by atoms with Gasteiger partial charge in [-0.2, -0.15) is 0 Å². The molecular formula is C9H17N3O. The summed E-state index contributed by atoms with van der Waals surface area (Å²) >= 11 is 0. The first-order valence-electron chi connectivity index (χ1n) is 4.76. The predicted molar refractivity (Wildman–Crippen MR) is 52.6 cm³/mol. The quantitative estimate of drug-likeness (QED) is 0.666. The Kier molecular flexibility index (Phi) is 3.73. The van der Waals surface area contributed by atoms with E-state index in [0.29, 0.717) is 6.42 Å². The third-order valence-corrected chi connectivity index (χ3v) is 2.04. The number of amidine groups is 1.